The van der Waals surface area contributed by atoms with E-state index in [1.165, 1.54) is 0 Å². The third kappa shape index (κ3) is 2.41. The first kappa shape index (κ1) is 13.1. The minimum atomic E-state index is -0.632. The van der Waals surface area contributed by atoms with Crippen LogP contribution < -0.4 is 11.1 Å². The normalized spacial score (nSPS) is 18.6. The van der Waals surface area contributed by atoms with Gasteiger partial charge >= 0.3 is 0 Å². The van der Waals surface area contributed by atoms with Gasteiger partial charge < -0.3 is 11.1 Å². The van der Waals surface area contributed by atoms with Crippen LogP contribution in [0.15, 0.2) is 12.3 Å². The maximum absolute atomic E-state index is 12.0. The van der Waals surface area contributed by atoms with E-state index in [1.807, 2.05) is 17.7 Å². The minimum Gasteiger partial charge on any atom is -0.368 e. The highest BCUT2D eigenvalue weighted by atomic mass is 16.1. The van der Waals surface area contributed by atoms with Crippen LogP contribution in [0.2, 0.25) is 0 Å². The van der Waals surface area contributed by atoms with Gasteiger partial charge in [-0.3, -0.25) is 9.48 Å². The zero-order valence-corrected chi connectivity index (χ0v) is 11.1. The molecule has 1 heterocycles. The summed E-state index contributed by atoms with van der Waals surface area (Å²) in [6, 6.07) is 1.94. The van der Waals surface area contributed by atoms with Crippen molar-refractivity contribution in [3.8, 4) is 0 Å². The van der Waals surface area contributed by atoms with Crippen molar-refractivity contribution in [2.75, 3.05) is 6.54 Å². The molecule has 0 aromatic carbocycles. The number of carbonyl (C=O) groups is 1. The van der Waals surface area contributed by atoms with Crippen LogP contribution in [0.25, 0.3) is 0 Å². The second-order valence-corrected chi connectivity index (χ2v) is 5.17. The smallest absolute Gasteiger partial charge is 0.239 e. The average Bonchev–Trinajstić information content (AvgIpc) is 3.10. The maximum Gasteiger partial charge on any atom is 0.239 e. The molecular formula is C13H22N4O. The fourth-order valence-corrected chi connectivity index (χ4v) is 2.42. The highest BCUT2D eigenvalue weighted by Crippen LogP contribution is 2.40. The van der Waals surface area contributed by atoms with E-state index in [-0.39, 0.29) is 5.91 Å². The first-order chi connectivity index (χ1) is 8.60. The number of rotatable bonds is 7. The molecule has 3 N–H and O–H groups in total. The summed E-state index contributed by atoms with van der Waals surface area (Å²) >= 11 is 0. The zero-order valence-electron chi connectivity index (χ0n) is 11.1. The Labute approximate surface area is 108 Å². The van der Waals surface area contributed by atoms with Crippen LogP contribution in [0.5, 0.6) is 0 Å². The Morgan fingerprint density at radius 3 is 2.83 bits per heavy atom. The number of amides is 1. The highest BCUT2D eigenvalue weighted by molar-refractivity contribution is 5.85. The molecule has 1 fully saturated rings. The summed E-state index contributed by atoms with van der Waals surface area (Å²) in [6.07, 6.45) is 4.88. The Kier molecular flexibility index (Phi) is 3.71. The van der Waals surface area contributed by atoms with Crippen molar-refractivity contribution in [1.82, 2.24) is 15.1 Å². The van der Waals surface area contributed by atoms with Gasteiger partial charge in [-0.2, -0.15) is 5.10 Å². The molecule has 1 saturated carbocycles. The molecule has 0 aliphatic heterocycles. The molecule has 1 unspecified atom stereocenters. The lowest BCUT2D eigenvalue weighted by Crippen LogP contribution is -2.60. The van der Waals surface area contributed by atoms with E-state index in [0.29, 0.717) is 12.5 Å². The Morgan fingerprint density at radius 1 is 1.67 bits per heavy atom. The van der Waals surface area contributed by atoms with Gasteiger partial charge in [0, 0.05) is 11.9 Å². The first-order valence-corrected chi connectivity index (χ1v) is 6.63. The van der Waals surface area contributed by atoms with Gasteiger partial charge in [-0.1, -0.05) is 6.92 Å². The summed E-state index contributed by atoms with van der Waals surface area (Å²) in [5.41, 5.74) is 6.10. The molecule has 1 aliphatic rings. The molecule has 0 saturated heterocycles. The van der Waals surface area contributed by atoms with Crippen LogP contribution in [0.1, 0.15) is 31.9 Å². The molecule has 5 nitrogen and oxygen atoms in total. The van der Waals surface area contributed by atoms with Crippen molar-refractivity contribution in [1.29, 1.82) is 0 Å². The monoisotopic (exact) mass is 250 g/mol. The van der Waals surface area contributed by atoms with E-state index >= 15 is 0 Å². The van der Waals surface area contributed by atoms with Crippen LogP contribution in [0.4, 0.5) is 0 Å². The van der Waals surface area contributed by atoms with Crippen LogP contribution >= 0.6 is 0 Å². The third-order valence-corrected chi connectivity index (χ3v) is 3.73. The second kappa shape index (κ2) is 5.10. The Hall–Kier alpha value is -1.36. The largest absolute Gasteiger partial charge is 0.368 e. The topological polar surface area (TPSA) is 72.9 Å². The van der Waals surface area contributed by atoms with E-state index in [4.69, 9.17) is 5.73 Å². The molecule has 1 aromatic heterocycles. The average molecular weight is 250 g/mol. The molecule has 18 heavy (non-hydrogen) atoms. The van der Waals surface area contributed by atoms with Crippen molar-refractivity contribution < 1.29 is 4.79 Å². The summed E-state index contributed by atoms with van der Waals surface area (Å²) in [4.78, 5) is 12.0. The number of aromatic nitrogens is 2. The molecule has 0 spiro atoms. The molecule has 1 aromatic rings. The lowest BCUT2D eigenvalue weighted by Gasteiger charge is -2.32. The minimum absolute atomic E-state index is 0.256. The van der Waals surface area contributed by atoms with E-state index in [2.05, 4.69) is 17.3 Å². The predicted octanol–water partition coefficient (Wildman–Crippen LogP) is 0.825. The molecule has 0 radical (unpaired) electrons. The zero-order chi connectivity index (χ0) is 13.2. The van der Waals surface area contributed by atoms with Gasteiger partial charge in [-0.25, -0.2) is 0 Å². The van der Waals surface area contributed by atoms with E-state index < -0.39 is 5.54 Å². The maximum atomic E-state index is 12.0. The molecule has 2 rings (SSSR count). The third-order valence-electron chi connectivity index (χ3n) is 3.73. The number of hydrogen-bond acceptors (Lipinski definition) is 3. The van der Waals surface area contributed by atoms with Crippen molar-refractivity contribution in [3.63, 3.8) is 0 Å². The van der Waals surface area contributed by atoms with Gasteiger partial charge in [-0.05, 0) is 44.7 Å². The number of hydrogen-bond donors (Lipinski definition) is 2. The van der Waals surface area contributed by atoms with Gasteiger partial charge in [0.1, 0.15) is 5.54 Å². The van der Waals surface area contributed by atoms with Crippen molar-refractivity contribution in [3.05, 3.63) is 18.0 Å². The van der Waals surface area contributed by atoms with Crippen LogP contribution in [0, 0.1) is 12.8 Å². The van der Waals surface area contributed by atoms with Gasteiger partial charge in [0.25, 0.3) is 0 Å². The van der Waals surface area contributed by atoms with Crippen LogP contribution in [-0.2, 0) is 11.3 Å². The molecule has 0 bridgehead atoms. The lowest BCUT2D eigenvalue weighted by molar-refractivity contribution is -0.126. The summed E-state index contributed by atoms with van der Waals surface area (Å²) in [5, 5.41) is 7.64. The summed E-state index contributed by atoms with van der Waals surface area (Å²) in [7, 11) is 0. The van der Waals surface area contributed by atoms with Crippen molar-refractivity contribution in [2.24, 2.45) is 11.7 Å². The Balaban J connectivity index is 2.22. The number of carbonyl (C=O) groups excluding carboxylic acids is 1. The van der Waals surface area contributed by atoms with Gasteiger partial charge in [-0.15, -0.1) is 0 Å². The quantitative estimate of drug-likeness (QED) is 0.752. The number of nitrogens with zero attached hydrogens (tertiary/aromatic N) is 2. The predicted molar refractivity (Wildman–Crippen MR) is 69.9 cm³/mol. The van der Waals surface area contributed by atoms with E-state index in [9.17, 15) is 4.79 Å². The van der Waals surface area contributed by atoms with Gasteiger partial charge in [0.15, 0.2) is 0 Å². The molecule has 1 aliphatic carbocycles. The van der Waals surface area contributed by atoms with Crippen LogP contribution in [-0.4, -0.2) is 27.8 Å². The number of nitrogens with one attached hydrogen (secondary N) is 1. The summed E-state index contributed by atoms with van der Waals surface area (Å²) in [5.74, 6) is 0.0958. The van der Waals surface area contributed by atoms with Crippen LogP contribution in [0.3, 0.4) is 0 Å². The first-order valence-electron chi connectivity index (χ1n) is 6.63. The Morgan fingerprint density at radius 2 is 2.39 bits per heavy atom. The van der Waals surface area contributed by atoms with Gasteiger partial charge in [0.2, 0.25) is 5.91 Å². The molecular weight excluding hydrogens is 228 g/mol. The SMILES string of the molecule is CCCNC(Cn1nccc1C)(C(N)=O)C1CC1. The fourth-order valence-electron chi connectivity index (χ4n) is 2.42. The molecule has 100 valence electrons. The molecule has 5 heteroatoms. The number of primary amides is 1. The molecule has 1 amide bonds. The van der Waals surface area contributed by atoms with E-state index in [1.54, 1.807) is 6.20 Å². The number of nitrogens with two attached hydrogens (primary N) is 1. The van der Waals surface area contributed by atoms with Gasteiger partial charge in [0.05, 0.1) is 6.54 Å². The fraction of sp³-hybridized carbons (Fsp3) is 0.692. The van der Waals surface area contributed by atoms with Crippen molar-refractivity contribution in [2.45, 2.75) is 45.2 Å². The molecule has 1 atom stereocenters. The summed E-state index contributed by atoms with van der Waals surface area (Å²) < 4.78 is 1.87. The van der Waals surface area contributed by atoms with Crippen molar-refractivity contribution >= 4 is 5.91 Å². The summed E-state index contributed by atoms with van der Waals surface area (Å²) in [6.45, 7) is 5.42. The second-order valence-electron chi connectivity index (χ2n) is 5.17. The lowest BCUT2D eigenvalue weighted by atomic mass is 9.91. The standard InChI is InChI=1S/C13H22N4O/c1-3-7-15-13(12(14)18,11-4-5-11)9-17-10(2)6-8-16-17/h6,8,11,15H,3-5,7,9H2,1-2H3,(H2,14,18). The number of aryl methyl sites for hydroxylation is 1. The van der Waals surface area contributed by atoms with E-state index in [0.717, 1.165) is 31.5 Å². The highest BCUT2D eigenvalue weighted by Gasteiger charge is 2.50. The Bertz CT molecular complexity index is 424.